The van der Waals surface area contributed by atoms with Crippen molar-refractivity contribution in [3.05, 3.63) is 76.5 Å². The van der Waals surface area contributed by atoms with Crippen molar-refractivity contribution in [1.82, 2.24) is 15.0 Å². The van der Waals surface area contributed by atoms with Crippen LogP contribution in [-0.4, -0.2) is 47.3 Å². The van der Waals surface area contributed by atoms with Crippen LogP contribution in [0.4, 0.5) is 23.5 Å². The van der Waals surface area contributed by atoms with E-state index in [0.29, 0.717) is 34.2 Å². The number of ether oxygens (including phenoxy) is 2. The van der Waals surface area contributed by atoms with Crippen LogP contribution in [0, 0.1) is 0 Å². The highest BCUT2D eigenvalue weighted by atomic mass is 32.1. The minimum Gasteiger partial charge on any atom is -0.493 e. The van der Waals surface area contributed by atoms with Crippen LogP contribution in [-0.2, 0) is 0 Å². The van der Waals surface area contributed by atoms with Crippen molar-refractivity contribution in [3.63, 3.8) is 0 Å². The number of esters is 1. The highest BCUT2D eigenvalue weighted by Gasteiger charge is 2.18. The molecule has 0 atom stereocenters. The minimum absolute atomic E-state index is 0.319. The highest BCUT2D eigenvalue weighted by molar-refractivity contribution is 7.12. The average molecular weight is 516 g/mol. The zero-order valence-corrected chi connectivity index (χ0v) is 20.9. The average Bonchev–Trinajstić information content (AvgIpc) is 3.65. The summed E-state index contributed by atoms with van der Waals surface area (Å²) in [6.45, 7) is 1.81. The molecule has 1 fully saturated rings. The first-order chi connectivity index (χ1) is 18.2. The Labute approximate surface area is 218 Å². The summed E-state index contributed by atoms with van der Waals surface area (Å²) in [5.74, 6) is 1.66. The summed E-state index contributed by atoms with van der Waals surface area (Å²) >= 11 is 1.32. The molecule has 1 saturated heterocycles. The number of thiophene rings is 1. The molecule has 1 aliphatic heterocycles. The summed E-state index contributed by atoms with van der Waals surface area (Å²) in [7, 11) is 1.52. The van der Waals surface area contributed by atoms with Gasteiger partial charge in [-0.1, -0.05) is 24.3 Å². The first-order valence-corrected chi connectivity index (χ1v) is 12.6. The van der Waals surface area contributed by atoms with Gasteiger partial charge in [0.1, 0.15) is 4.88 Å². The number of aromatic nitrogens is 3. The number of benzene rings is 2. The molecule has 3 heterocycles. The normalized spacial score (nSPS) is 13.1. The summed E-state index contributed by atoms with van der Waals surface area (Å²) in [4.78, 5) is 28.6. The zero-order valence-electron chi connectivity index (χ0n) is 20.1. The van der Waals surface area contributed by atoms with Gasteiger partial charge < -0.3 is 19.7 Å². The molecule has 5 rings (SSSR count). The van der Waals surface area contributed by atoms with Crippen molar-refractivity contribution in [2.24, 2.45) is 5.10 Å². The number of hydrogen-bond acceptors (Lipinski definition) is 11. The number of nitrogens with zero attached hydrogens (tertiary/aromatic N) is 5. The van der Waals surface area contributed by atoms with Crippen LogP contribution < -0.4 is 25.1 Å². The number of rotatable bonds is 9. The molecule has 1 aliphatic rings. The van der Waals surface area contributed by atoms with Crippen molar-refractivity contribution in [1.29, 1.82) is 0 Å². The van der Waals surface area contributed by atoms with Crippen molar-refractivity contribution >= 4 is 47.1 Å². The summed E-state index contributed by atoms with van der Waals surface area (Å²) in [6.07, 6.45) is 3.82. The topological polar surface area (TPSA) is 114 Å². The first kappa shape index (κ1) is 24.2. The number of para-hydroxylation sites is 1. The zero-order chi connectivity index (χ0) is 25.5. The SMILES string of the molecule is COc1cc(/C=N\Nc2nc(Nc3ccccc3)nc(N3CCCC3)n2)ccc1OC(=O)c1cccs1. The van der Waals surface area contributed by atoms with Gasteiger partial charge in [0.15, 0.2) is 11.5 Å². The van der Waals surface area contributed by atoms with Gasteiger partial charge in [-0.15, -0.1) is 11.3 Å². The molecule has 0 spiro atoms. The van der Waals surface area contributed by atoms with Crippen LogP contribution in [0.1, 0.15) is 28.1 Å². The van der Waals surface area contributed by atoms with E-state index in [2.05, 4.69) is 35.7 Å². The Morgan fingerprint density at radius 1 is 1.00 bits per heavy atom. The number of carbonyl (C=O) groups is 1. The molecule has 4 aromatic rings. The summed E-state index contributed by atoms with van der Waals surface area (Å²) in [5.41, 5.74) is 4.51. The van der Waals surface area contributed by atoms with E-state index in [1.165, 1.54) is 18.4 Å². The Morgan fingerprint density at radius 3 is 2.57 bits per heavy atom. The van der Waals surface area contributed by atoms with E-state index in [9.17, 15) is 4.79 Å². The maximum absolute atomic E-state index is 12.3. The Kier molecular flexibility index (Phi) is 7.51. The number of hydrogen-bond donors (Lipinski definition) is 2. The second-order valence-electron chi connectivity index (χ2n) is 8.11. The second-order valence-corrected chi connectivity index (χ2v) is 9.06. The van der Waals surface area contributed by atoms with Crippen LogP contribution in [0.3, 0.4) is 0 Å². The van der Waals surface area contributed by atoms with Gasteiger partial charge in [0, 0.05) is 18.8 Å². The second kappa shape index (κ2) is 11.5. The Balaban J connectivity index is 1.31. The maximum Gasteiger partial charge on any atom is 0.353 e. The van der Waals surface area contributed by atoms with Gasteiger partial charge in [0.05, 0.1) is 13.3 Å². The fourth-order valence-corrected chi connectivity index (χ4v) is 4.34. The Morgan fingerprint density at radius 2 is 1.81 bits per heavy atom. The molecule has 0 aliphatic carbocycles. The fourth-order valence-electron chi connectivity index (χ4n) is 3.74. The van der Waals surface area contributed by atoms with Crippen LogP contribution in [0.25, 0.3) is 0 Å². The van der Waals surface area contributed by atoms with E-state index in [-0.39, 0.29) is 0 Å². The van der Waals surface area contributed by atoms with Gasteiger partial charge in [-0.2, -0.15) is 20.1 Å². The summed E-state index contributed by atoms with van der Waals surface area (Å²) < 4.78 is 10.9. The molecule has 0 saturated carbocycles. The Hall–Kier alpha value is -4.51. The molecule has 0 radical (unpaired) electrons. The lowest BCUT2D eigenvalue weighted by Crippen LogP contribution is -2.21. The van der Waals surface area contributed by atoms with E-state index in [1.54, 1.807) is 36.5 Å². The molecular formula is C26H25N7O3S. The van der Waals surface area contributed by atoms with Gasteiger partial charge in [-0.05, 0) is 60.2 Å². The third kappa shape index (κ3) is 6.19. The maximum atomic E-state index is 12.3. The van der Waals surface area contributed by atoms with Crippen LogP contribution in [0.2, 0.25) is 0 Å². The molecule has 188 valence electrons. The number of nitrogens with one attached hydrogen (secondary N) is 2. The lowest BCUT2D eigenvalue weighted by atomic mass is 10.2. The predicted molar refractivity (Wildman–Crippen MR) is 144 cm³/mol. The monoisotopic (exact) mass is 515 g/mol. The molecule has 0 unspecified atom stereocenters. The van der Waals surface area contributed by atoms with Crippen LogP contribution in [0.15, 0.2) is 71.1 Å². The molecule has 11 heteroatoms. The lowest BCUT2D eigenvalue weighted by molar-refractivity contribution is 0.0735. The lowest BCUT2D eigenvalue weighted by Gasteiger charge is -2.16. The molecular weight excluding hydrogens is 490 g/mol. The van der Waals surface area contributed by atoms with Crippen molar-refractivity contribution in [3.8, 4) is 11.5 Å². The fraction of sp³-hybridized carbons (Fsp3) is 0.192. The first-order valence-electron chi connectivity index (χ1n) is 11.7. The molecule has 2 N–H and O–H groups in total. The van der Waals surface area contributed by atoms with Crippen molar-refractivity contribution in [2.75, 3.05) is 35.8 Å². The molecule has 2 aromatic carbocycles. The molecule has 2 aromatic heterocycles. The van der Waals surface area contributed by atoms with E-state index in [0.717, 1.165) is 37.2 Å². The van der Waals surface area contributed by atoms with Crippen LogP contribution in [0.5, 0.6) is 11.5 Å². The smallest absolute Gasteiger partial charge is 0.353 e. The van der Waals surface area contributed by atoms with Gasteiger partial charge in [0.25, 0.3) is 0 Å². The number of hydrazone groups is 1. The Bertz CT molecular complexity index is 1370. The molecule has 37 heavy (non-hydrogen) atoms. The quantitative estimate of drug-likeness (QED) is 0.138. The summed E-state index contributed by atoms with van der Waals surface area (Å²) in [5, 5.41) is 9.34. The van der Waals surface area contributed by atoms with E-state index in [1.807, 2.05) is 35.7 Å². The van der Waals surface area contributed by atoms with Gasteiger partial charge in [0.2, 0.25) is 17.8 Å². The van der Waals surface area contributed by atoms with Gasteiger partial charge in [-0.25, -0.2) is 10.2 Å². The standard InChI is InChI=1S/C26H25N7O3S/c1-35-21-16-18(11-12-20(21)36-23(34)22-10-7-15-37-22)17-27-32-25-29-24(28-19-8-3-2-4-9-19)30-26(31-25)33-13-5-6-14-33/h2-4,7-12,15-17H,5-6,13-14H2,1H3,(H2,28,29,30,31,32)/b27-17-. The molecule has 0 bridgehead atoms. The van der Waals surface area contributed by atoms with Crippen LogP contribution >= 0.6 is 11.3 Å². The molecule has 10 nitrogen and oxygen atoms in total. The third-order valence-corrected chi connectivity index (χ3v) is 6.38. The van der Waals surface area contributed by atoms with Crippen molar-refractivity contribution in [2.45, 2.75) is 12.8 Å². The largest absolute Gasteiger partial charge is 0.493 e. The number of methoxy groups -OCH3 is 1. The third-order valence-electron chi connectivity index (χ3n) is 5.53. The summed E-state index contributed by atoms with van der Waals surface area (Å²) in [6, 6.07) is 18.4. The predicted octanol–water partition coefficient (Wildman–Crippen LogP) is 4.95. The number of carbonyl (C=O) groups excluding carboxylic acids is 1. The number of anilines is 4. The van der Waals surface area contributed by atoms with E-state index in [4.69, 9.17) is 9.47 Å². The van der Waals surface area contributed by atoms with E-state index >= 15 is 0 Å². The minimum atomic E-state index is -0.431. The highest BCUT2D eigenvalue weighted by Crippen LogP contribution is 2.29. The van der Waals surface area contributed by atoms with Gasteiger partial charge in [-0.3, -0.25) is 0 Å². The van der Waals surface area contributed by atoms with E-state index < -0.39 is 5.97 Å². The van der Waals surface area contributed by atoms with Gasteiger partial charge >= 0.3 is 5.97 Å². The van der Waals surface area contributed by atoms with Crippen molar-refractivity contribution < 1.29 is 14.3 Å². The molecule has 0 amide bonds.